The van der Waals surface area contributed by atoms with E-state index in [4.69, 9.17) is 52.1 Å². The molecule has 5 amide bonds. The molecule has 2 aromatic carbocycles. The molecule has 0 radical (unpaired) electrons. The summed E-state index contributed by atoms with van der Waals surface area (Å²) >= 11 is 1.26. The zero-order valence-corrected chi connectivity index (χ0v) is 62.5. The average molecular weight is 1440 g/mol. The maximum Gasteiger partial charge on any atom is 0.410 e. The van der Waals surface area contributed by atoms with Crippen molar-refractivity contribution < 1.29 is 105 Å². The molecular formula is C73H107N5O22S. The SMILES string of the molecule is CCCC(CC)[C@@H]([C@@H](CC(=O)N1CCC[C@H]1[C@H](OC)[C@@H](C)C(=O)NC(CC(=O)OC)Cc1ccccc1)OC)N(C)C(=O)[C@@H](NC(=O)[C@H](C(C)CC)N(C)C(=O)OCc1ccc(O[C@@H]2O[C@H](COC(C)=O)[C@H](OC(C)=O)[C@H](OC(C)=O)[C@H]2OC(C)=O)c2cc(CCC(=O)OCC)sc12)C(C)C. The number of nitrogens with one attached hydrogen (secondary N) is 2. The van der Waals surface area contributed by atoms with Crippen LogP contribution in [-0.4, -0.2) is 209 Å². The number of likely N-dealkylation sites (N-methyl/N-ethyl adjacent to an activating group) is 2. The summed E-state index contributed by atoms with van der Waals surface area (Å²) < 4.78 is 63.9. The summed E-state index contributed by atoms with van der Waals surface area (Å²) in [7, 11) is 7.42. The molecule has 3 heterocycles. The van der Waals surface area contributed by atoms with Gasteiger partial charge in [-0.05, 0) is 74.5 Å². The lowest BCUT2D eigenvalue weighted by atomic mass is 9.85. The van der Waals surface area contributed by atoms with Gasteiger partial charge in [0.05, 0.1) is 63.2 Å². The van der Waals surface area contributed by atoms with E-state index in [0.29, 0.717) is 65.6 Å². The Hall–Kier alpha value is -7.95. The van der Waals surface area contributed by atoms with Crippen molar-refractivity contribution in [2.75, 3.05) is 55.2 Å². The van der Waals surface area contributed by atoms with E-state index in [1.54, 1.807) is 56.7 Å². The van der Waals surface area contributed by atoms with Crippen LogP contribution in [0.5, 0.6) is 5.75 Å². The summed E-state index contributed by atoms with van der Waals surface area (Å²) in [4.78, 5) is 154. The summed E-state index contributed by atoms with van der Waals surface area (Å²) in [6, 6.07) is 10.4. The summed E-state index contributed by atoms with van der Waals surface area (Å²) in [6.45, 7) is 19.0. The summed E-state index contributed by atoms with van der Waals surface area (Å²) in [5, 5.41) is 6.49. The van der Waals surface area contributed by atoms with Gasteiger partial charge in [-0.25, -0.2) is 4.79 Å². The van der Waals surface area contributed by atoms with Gasteiger partial charge in [0, 0.05) is 89.1 Å². The molecule has 0 aliphatic carbocycles. The molecule has 27 nitrogen and oxygen atoms in total. The fourth-order valence-electron chi connectivity index (χ4n) is 13.4. The van der Waals surface area contributed by atoms with Gasteiger partial charge >= 0.3 is 41.9 Å². The molecule has 2 aliphatic rings. The minimum atomic E-state index is -1.60. The Bertz CT molecular complexity index is 3270. The highest BCUT2D eigenvalue weighted by Gasteiger charge is 2.54. The highest BCUT2D eigenvalue weighted by molar-refractivity contribution is 7.19. The Labute approximate surface area is 597 Å². The van der Waals surface area contributed by atoms with Crippen LogP contribution in [0.3, 0.4) is 0 Å². The third-order valence-corrected chi connectivity index (χ3v) is 19.9. The highest BCUT2D eigenvalue weighted by Crippen LogP contribution is 2.40. The molecule has 2 aliphatic heterocycles. The molecule has 1 aromatic heterocycles. The molecule has 3 aromatic rings. The number of carbonyl (C=O) groups excluding carboxylic acids is 11. The van der Waals surface area contributed by atoms with Crippen molar-refractivity contribution >= 4 is 87.0 Å². The molecule has 0 spiro atoms. The number of ether oxygens (including phenoxy) is 11. The lowest BCUT2D eigenvalue weighted by Crippen LogP contribution is -2.63. The van der Waals surface area contributed by atoms with Gasteiger partial charge < -0.3 is 72.5 Å². The monoisotopic (exact) mass is 1440 g/mol. The third-order valence-electron chi connectivity index (χ3n) is 18.6. The first-order valence-electron chi connectivity index (χ1n) is 34.9. The second-order valence-corrected chi connectivity index (χ2v) is 27.4. The maximum absolute atomic E-state index is 15.3. The van der Waals surface area contributed by atoms with Crippen molar-refractivity contribution in [1.29, 1.82) is 0 Å². The van der Waals surface area contributed by atoms with E-state index in [0.717, 1.165) is 39.7 Å². The Kier molecular flexibility index (Phi) is 33.7. The fraction of sp³-hybridized carbons (Fsp3) is 0.658. The molecule has 5 rings (SSSR count). The van der Waals surface area contributed by atoms with Crippen LogP contribution >= 0.6 is 11.3 Å². The zero-order chi connectivity index (χ0) is 74.9. The van der Waals surface area contributed by atoms with Crippen molar-refractivity contribution in [2.24, 2.45) is 23.7 Å². The van der Waals surface area contributed by atoms with Gasteiger partial charge in [-0.3, -0.25) is 52.8 Å². The number of aryl methyl sites for hydroxylation is 1. The Balaban J connectivity index is 1.40. The lowest BCUT2D eigenvalue weighted by molar-refractivity contribution is -0.288. The third kappa shape index (κ3) is 23.5. The van der Waals surface area contributed by atoms with Crippen LogP contribution in [0.2, 0.25) is 0 Å². The van der Waals surface area contributed by atoms with Gasteiger partial charge in [0.2, 0.25) is 36.0 Å². The molecule has 2 saturated heterocycles. The van der Waals surface area contributed by atoms with Crippen molar-refractivity contribution in [3.63, 3.8) is 0 Å². The van der Waals surface area contributed by atoms with Gasteiger partial charge in [0.15, 0.2) is 12.2 Å². The Morgan fingerprint density at radius 1 is 0.723 bits per heavy atom. The standard InChI is InChI=1S/C73H107N5O22S/c1-18-26-49(20-3)63(56(90-15)38-58(83)78-34-25-29-54(78)64(92-17)43(8)69(86)74-51(36-60(85)91-16)35-48-27-23-22-24-28-48)76(13)71(88)61(41(5)6)75-70(87)62(42(7)19-2)77(14)73(89)95-39-50-30-32-55(53-37-52(101-68(50)53)31-33-59(84)93-21-4)99-72-67(98-47(12)82)66(97-46(11)81)65(96-45(10)80)57(100-72)40-94-44(9)79/h22-24,27-28,30,32,37,41-43,49,51,54,56-57,61-67,72H,18-21,25-26,29,31,33-36,38-40H2,1-17H3,(H,74,86)(H,75,87)/t42?,43-,49?,51?,54+,56-,57-,61+,62+,63+,64-,65+,66+,67-,72-/m1/s1. The number of likely N-dealkylation sites (tertiary alicyclic amines) is 1. The largest absolute Gasteiger partial charge is 0.469 e. The predicted molar refractivity (Wildman–Crippen MR) is 371 cm³/mol. The van der Waals surface area contributed by atoms with Crippen LogP contribution in [0.15, 0.2) is 48.5 Å². The molecule has 2 N–H and O–H groups in total. The van der Waals surface area contributed by atoms with Crippen LogP contribution in [0.25, 0.3) is 10.1 Å². The van der Waals surface area contributed by atoms with Crippen molar-refractivity contribution in [3.8, 4) is 5.75 Å². The molecule has 15 atom stereocenters. The number of hydrogen-bond donors (Lipinski definition) is 2. The second-order valence-electron chi connectivity index (χ2n) is 26.2. The minimum absolute atomic E-state index is 0.0125. The number of methoxy groups -OCH3 is 3. The number of esters is 6. The van der Waals surface area contributed by atoms with E-state index in [1.165, 1.54) is 50.7 Å². The maximum atomic E-state index is 15.3. The number of nitrogens with zero attached hydrogens (tertiary/aromatic N) is 3. The second kappa shape index (κ2) is 40.6. The predicted octanol–water partition coefficient (Wildman–Crippen LogP) is 7.97. The number of carbonyl (C=O) groups is 11. The van der Waals surface area contributed by atoms with E-state index in [9.17, 15) is 47.9 Å². The molecule has 28 heteroatoms. The first kappa shape index (κ1) is 83.7. The van der Waals surface area contributed by atoms with Crippen LogP contribution in [-0.2, 0) is 115 Å². The average Bonchev–Trinajstić information content (AvgIpc) is 1.77. The number of benzene rings is 2. The number of hydrogen-bond acceptors (Lipinski definition) is 23. The van der Waals surface area contributed by atoms with Gasteiger partial charge in [-0.1, -0.05) is 104 Å². The number of thiophene rings is 1. The van der Waals surface area contributed by atoms with Crippen LogP contribution in [0.1, 0.15) is 157 Å². The smallest absolute Gasteiger partial charge is 0.410 e. The molecule has 101 heavy (non-hydrogen) atoms. The topological polar surface area (TPSA) is 323 Å². The van der Waals surface area contributed by atoms with Gasteiger partial charge in [0.1, 0.15) is 37.2 Å². The van der Waals surface area contributed by atoms with E-state index in [-0.39, 0.29) is 62.4 Å². The summed E-state index contributed by atoms with van der Waals surface area (Å²) in [6.07, 6.45) is -5.69. The highest BCUT2D eigenvalue weighted by atomic mass is 32.1. The van der Waals surface area contributed by atoms with Gasteiger partial charge in [-0.2, -0.15) is 0 Å². The first-order valence-corrected chi connectivity index (χ1v) is 35.7. The lowest BCUT2D eigenvalue weighted by Gasteiger charge is -2.44. The van der Waals surface area contributed by atoms with Crippen LogP contribution in [0.4, 0.5) is 4.79 Å². The van der Waals surface area contributed by atoms with Crippen molar-refractivity contribution in [1.82, 2.24) is 25.3 Å². The van der Waals surface area contributed by atoms with Crippen LogP contribution in [0, 0.1) is 23.7 Å². The molecule has 0 bridgehead atoms. The van der Waals surface area contributed by atoms with Gasteiger partial charge in [0.25, 0.3) is 0 Å². The summed E-state index contributed by atoms with van der Waals surface area (Å²) in [5.74, 6) is -7.46. The Morgan fingerprint density at radius 3 is 1.97 bits per heavy atom. The van der Waals surface area contributed by atoms with E-state index in [2.05, 4.69) is 10.6 Å². The van der Waals surface area contributed by atoms with E-state index >= 15 is 4.79 Å². The molecule has 0 saturated carbocycles. The molecule has 2 fully saturated rings. The Morgan fingerprint density at radius 2 is 1.39 bits per heavy atom. The first-order chi connectivity index (χ1) is 48.0. The van der Waals surface area contributed by atoms with E-state index < -0.39 is 151 Å². The molecule has 3 unspecified atom stereocenters. The fourth-order valence-corrected chi connectivity index (χ4v) is 14.6. The van der Waals surface area contributed by atoms with Crippen molar-refractivity contribution in [3.05, 3.63) is 64.5 Å². The number of rotatable bonds is 38. The minimum Gasteiger partial charge on any atom is -0.469 e. The molecular weight excluding hydrogens is 1330 g/mol. The molecule has 562 valence electrons. The summed E-state index contributed by atoms with van der Waals surface area (Å²) in [5.41, 5.74) is 1.40. The zero-order valence-electron chi connectivity index (χ0n) is 61.7. The van der Waals surface area contributed by atoms with Crippen LogP contribution < -0.4 is 15.4 Å². The number of amides is 5. The van der Waals surface area contributed by atoms with Crippen molar-refractivity contribution in [2.45, 2.75) is 233 Å². The normalized spacial score (nSPS) is 20.1. The number of fused-ring (bicyclic) bond motifs is 1. The van der Waals surface area contributed by atoms with E-state index in [1.807, 2.05) is 58.0 Å². The quantitative estimate of drug-likeness (QED) is 0.0405. The van der Waals surface area contributed by atoms with Gasteiger partial charge in [-0.15, -0.1) is 11.3 Å².